The molecule has 4 aromatic rings. The van der Waals surface area contributed by atoms with Crippen molar-refractivity contribution in [2.24, 2.45) is 0 Å². The quantitative estimate of drug-likeness (QED) is 0.397. The maximum Gasteiger partial charge on any atom is 0.265 e. The van der Waals surface area contributed by atoms with Gasteiger partial charge in [-0.25, -0.2) is 9.37 Å². The van der Waals surface area contributed by atoms with Crippen molar-refractivity contribution in [3.63, 3.8) is 0 Å². The van der Waals surface area contributed by atoms with Crippen LogP contribution in [0.5, 0.6) is 5.75 Å². The highest BCUT2D eigenvalue weighted by Gasteiger charge is 2.26. The Hall–Kier alpha value is -3.63. The SMILES string of the molecule is COc1ccc(-c2noc(CN3CCN(C(=O)c4sc(-c5ccc(F)cc5)nc4C)CC3)n2)cc1. The van der Waals surface area contributed by atoms with E-state index < -0.39 is 0 Å². The third-order valence-electron chi connectivity index (χ3n) is 5.92. The minimum atomic E-state index is -0.298. The molecule has 1 aliphatic heterocycles. The number of piperazine rings is 1. The van der Waals surface area contributed by atoms with Crippen LogP contribution in [0.2, 0.25) is 0 Å². The van der Waals surface area contributed by atoms with Gasteiger partial charge in [0.2, 0.25) is 11.7 Å². The molecule has 35 heavy (non-hydrogen) atoms. The molecule has 3 heterocycles. The number of benzene rings is 2. The van der Waals surface area contributed by atoms with Gasteiger partial charge in [-0.05, 0) is 55.5 Å². The van der Waals surface area contributed by atoms with E-state index in [2.05, 4.69) is 20.0 Å². The fourth-order valence-corrected chi connectivity index (χ4v) is 4.97. The van der Waals surface area contributed by atoms with E-state index in [4.69, 9.17) is 9.26 Å². The summed E-state index contributed by atoms with van der Waals surface area (Å²) in [4.78, 5) is 26.9. The Morgan fingerprint density at radius 3 is 2.40 bits per heavy atom. The molecule has 0 spiro atoms. The highest BCUT2D eigenvalue weighted by molar-refractivity contribution is 7.17. The zero-order valence-corrected chi connectivity index (χ0v) is 20.2. The van der Waals surface area contributed by atoms with Crippen LogP contribution in [0.4, 0.5) is 4.39 Å². The number of carbonyl (C=O) groups excluding carboxylic acids is 1. The molecular weight excluding hydrogens is 469 g/mol. The number of hydrogen-bond donors (Lipinski definition) is 0. The first-order valence-corrected chi connectivity index (χ1v) is 12.0. The monoisotopic (exact) mass is 493 g/mol. The Bertz CT molecular complexity index is 1310. The van der Waals surface area contributed by atoms with Crippen molar-refractivity contribution in [3.05, 3.63) is 70.8 Å². The first-order valence-electron chi connectivity index (χ1n) is 11.2. The maximum atomic E-state index is 13.2. The summed E-state index contributed by atoms with van der Waals surface area (Å²) in [7, 11) is 1.62. The number of methoxy groups -OCH3 is 1. The van der Waals surface area contributed by atoms with E-state index in [0.29, 0.717) is 60.0 Å². The summed E-state index contributed by atoms with van der Waals surface area (Å²) in [6.07, 6.45) is 0. The van der Waals surface area contributed by atoms with Crippen LogP contribution in [-0.2, 0) is 6.54 Å². The molecule has 0 aliphatic carbocycles. The second kappa shape index (κ2) is 9.93. The number of halogens is 1. The molecule has 8 nitrogen and oxygen atoms in total. The van der Waals surface area contributed by atoms with E-state index in [1.54, 1.807) is 19.2 Å². The van der Waals surface area contributed by atoms with Crippen LogP contribution >= 0.6 is 11.3 Å². The molecule has 180 valence electrons. The summed E-state index contributed by atoms with van der Waals surface area (Å²) in [5.41, 5.74) is 2.35. The van der Waals surface area contributed by atoms with E-state index in [1.807, 2.05) is 36.1 Å². The molecule has 2 aromatic carbocycles. The van der Waals surface area contributed by atoms with Gasteiger partial charge in [-0.2, -0.15) is 4.98 Å². The third-order valence-corrected chi connectivity index (χ3v) is 7.11. The highest BCUT2D eigenvalue weighted by Crippen LogP contribution is 2.29. The summed E-state index contributed by atoms with van der Waals surface area (Å²) >= 11 is 1.35. The molecule has 0 bridgehead atoms. The molecule has 1 aliphatic rings. The third kappa shape index (κ3) is 5.08. The van der Waals surface area contributed by atoms with E-state index >= 15 is 0 Å². The largest absolute Gasteiger partial charge is 0.497 e. The van der Waals surface area contributed by atoms with Crippen molar-refractivity contribution >= 4 is 17.2 Å². The minimum Gasteiger partial charge on any atom is -0.497 e. The molecule has 10 heteroatoms. The molecule has 0 unspecified atom stereocenters. The lowest BCUT2D eigenvalue weighted by Gasteiger charge is -2.33. The van der Waals surface area contributed by atoms with Crippen molar-refractivity contribution < 1.29 is 18.4 Å². The Labute approximate surface area is 206 Å². The standard InChI is InChI=1S/C25H24FN5O3S/c1-16-22(35-24(27-16)18-3-7-19(26)8-4-18)25(32)31-13-11-30(12-14-31)15-21-28-23(29-34-21)17-5-9-20(33-2)10-6-17/h3-10H,11-15H2,1-2H3. The summed E-state index contributed by atoms with van der Waals surface area (Å²) in [6.45, 7) is 4.97. The second-order valence-electron chi connectivity index (χ2n) is 8.25. The summed E-state index contributed by atoms with van der Waals surface area (Å²) in [5, 5.41) is 4.80. The number of hydrogen-bond acceptors (Lipinski definition) is 8. The fourth-order valence-electron chi connectivity index (χ4n) is 3.93. The predicted octanol–water partition coefficient (Wildman–Crippen LogP) is 4.27. The van der Waals surface area contributed by atoms with Crippen molar-refractivity contribution in [1.82, 2.24) is 24.9 Å². The van der Waals surface area contributed by atoms with Crippen LogP contribution in [0.15, 0.2) is 53.1 Å². The number of nitrogens with zero attached hydrogens (tertiary/aromatic N) is 5. The number of amides is 1. The van der Waals surface area contributed by atoms with E-state index in [9.17, 15) is 9.18 Å². The minimum absolute atomic E-state index is 0.0207. The lowest BCUT2D eigenvalue weighted by Crippen LogP contribution is -2.48. The molecule has 2 aromatic heterocycles. The average Bonchev–Trinajstić information content (AvgIpc) is 3.51. The lowest BCUT2D eigenvalue weighted by atomic mass is 10.2. The Balaban J connectivity index is 1.18. The van der Waals surface area contributed by atoms with Crippen LogP contribution in [-0.4, -0.2) is 64.1 Å². The van der Waals surface area contributed by atoms with Crippen molar-refractivity contribution in [2.75, 3.05) is 33.3 Å². The molecule has 1 amide bonds. The normalized spacial score (nSPS) is 14.3. The van der Waals surface area contributed by atoms with Gasteiger partial charge in [-0.1, -0.05) is 5.16 Å². The average molecular weight is 494 g/mol. The van der Waals surface area contributed by atoms with Crippen molar-refractivity contribution in [3.8, 4) is 27.7 Å². The molecule has 0 N–H and O–H groups in total. The first-order chi connectivity index (χ1) is 17.0. The molecule has 1 fully saturated rings. The number of aryl methyl sites for hydroxylation is 1. The summed E-state index contributed by atoms with van der Waals surface area (Å²) in [5.74, 6) is 1.53. The molecule has 0 saturated carbocycles. The van der Waals surface area contributed by atoms with Crippen molar-refractivity contribution in [2.45, 2.75) is 13.5 Å². The summed E-state index contributed by atoms with van der Waals surface area (Å²) in [6, 6.07) is 13.6. The number of rotatable bonds is 6. The second-order valence-corrected chi connectivity index (χ2v) is 9.25. The topological polar surface area (TPSA) is 84.6 Å². The molecule has 0 radical (unpaired) electrons. The highest BCUT2D eigenvalue weighted by atomic mass is 32.1. The van der Waals surface area contributed by atoms with Gasteiger partial charge in [0, 0.05) is 37.3 Å². The van der Waals surface area contributed by atoms with Gasteiger partial charge in [0.15, 0.2) is 0 Å². The number of carbonyl (C=O) groups is 1. The van der Waals surface area contributed by atoms with Gasteiger partial charge in [-0.3, -0.25) is 9.69 Å². The van der Waals surface area contributed by atoms with Gasteiger partial charge in [0.05, 0.1) is 19.3 Å². The molecule has 0 atom stereocenters. The number of aromatic nitrogens is 3. The van der Waals surface area contributed by atoms with Crippen molar-refractivity contribution in [1.29, 1.82) is 0 Å². The maximum absolute atomic E-state index is 13.2. The van der Waals surface area contributed by atoms with Gasteiger partial charge < -0.3 is 14.2 Å². The van der Waals surface area contributed by atoms with Gasteiger partial charge in [0.25, 0.3) is 5.91 Å². The lowest BCUT2D eigenvalue weighted by molar-refractivity contribution is 0.0619. The number of ether oxygens (including phenoxy) is 1. The van der Waals surface area contributed by atoms with Crippen LogP contribution in [0.25, 0.3) is 22.0 Å². The molecular formula is C25H24FN5O3S. The summed E-state index contributed by atoms with van der Waals surface area (Å²) < 4.78 is 23.9. The van der Waals surface area contributed by atoms with Crippen LogP contribution in [0.1, 0.15) is 21.3 Å². The van der Waals surface area contributed by atoms with E-state index in [0.717, 1.165) is 16.9 Å². The zero-order valence-electron chi connectivity index (χ0n) is 19.4. The Morgan fingerprint density at radius 2 is 1.71 bits per heavy atom. The Morgan fingerprint density at radius 1 is 1.03 bits per heavy atom. The zero-order chi connectivity index (χ0) is 24.4. The smallest absolute Gasteiger partial charge is 0.265 e. The van der Waals surface area contributed by atoms with Crippen LogP contribution < -0.4 is 4.74 Å². The molecule has 1 saturated heterocycles. The van der Waals surface area contributed by atoms with Crippen LogP contribution in [0.3, 0.4) is 0 Å². The van der Waals surface area contributed by atoms with Gasteiger partial charge in [0.1, 0.15) is 21.5 Å². The fraction of sp³-hybridized carbons (Fsp3) is 0.280. The van der Waals surface area contributed by atoms with Crippen LogP contribution in [0, 0.1) is 12.7 Å². The van der Waals surface area contributed by atoms with Gasteiger partial charge in [-0.15, -0.1) is 11.3 Å². The van der Waals surface area contributed by atoms with Gasteiger partial charge >= 0.3 is 0 Å². The van der Waals surface area contributed by atoms with E-state index in [1.165, 1.54) is 23.5 Å². The number of thiazole rings is 1. The first kappa shape index (κ1) is 23.1. The molecule has 5 rings (SSSR count). The van der Waals surface area contributed by atoms with E-state index in [-0.39, 0.29) is 11.7 Å². The Kier molecular flexibility index (Phi) is 6.56. The predicted molar refractivity (Wildman–Crippen MR) is 130 cm³/mol.